The van der Waals surface area contributed by atoms with Crippen LogP contribution in [0.3, 0.4) is 0 Å². The number of benzene rings is 1. The van der Waals surface area contributed by atoms with Crippen LogP contribution in [-0.4, -0.2) is 18.7 Å². The first-order chi connectivity index (χ1) is 6.79. The van der Waals surface area contributed by atoms with Crippen LogP contribution in [-0.2, 0) is 4.79 Å². The molecule has 1 saturated heterocycles. The Labute approximate surface area is 87.3 Å². The molecule has 0 saturated carbocycles. The van der Waals surface area contributed by atoms with Crippen molar-refractivity contribution < 1.29 is 4.79 Å². The predicted molar refractivity (Wildman–Crippen MR) is 57.1 cm³/mol. The highest BCUT2D eigenvalue weighted by molar-refractivity contribution is 7.98. The van der Waals surface area contributed by atoms with E-state index in [1.165, 1.54) is 4.90 Å². The van der Waals surface area contributed by atoms with E-state index in [-0.39, 0.29) is 12.1 Å². The average molecular weight is 208 g/mol. The molecule has 0 aromatic heterocycles. The number of thioether (sulfide) groups is 1. The van der Waals surface area contributed by atoms with Crippen molar-refractivity contribution in [1.82, 2.24) is 10.6 Å². The molecule has 1 aromatic rings. The Morgan fingerprint density at radius 1 is 1.36 bits per heavy atom. The molecule has 1 heterocycles. The van der Waals surface area contributed by atoms with Gasteiger partial charge in [-0.2, -0.15) is 0 Å². The van der Waals surface area contributed by atoms with Gasteiger partial charge in [0.15, 0.2) is 0 Å². The first kappa shape index (κ1) is 9.55. The van der Waals surface area contributed by atoms with Gasteiger partial charge in [-0.05, 0) is 24.0 Å². The molecule has 4 heteroatoms. The van der Waals surface area contributed by atoms with Crippen molar-refractivity contribution in [3.63, 3.8) is 0 Å². The number of hydrogen-bond acceptors (Lipinski definition) is 3. The van der Waals surface area contributed by atoms with E-state index in [1.54, 1.807) is 11.8 Å². The van der Waals surface area contributed by atoms with E-state index in [0.29, 0.717) is 6.54 Å². The fourth-order valence-electron chi connectivity index (χ4n) is 1.46. The first-order valence-electron chi connectivity index (χ1n) is 4.46. The summed E-state index contributed by atoms with van der Waals surface area (Å²) < 4.78 is 0. The quantitative estimate of drug-likeness (QED) is 0.716. The molecule has 1 aromatic carbocycles. The van der Waals surface area contributed by atoms with Gasteiger partial charge in [0.25, 0.3) is 0 Å². The van der Waals surface area contributed by atoms with Crippen LogP contribution in [0.1, 0.15) is 11.7 Å². The summed E-state index contributed by atoms with van der Waals surface area (Å²) in [6.07, 6.45) is 2.03. The zero-order valence-corrected chi connectivity index (χ0v) is 8.73. The zero-order chi connectivity index (χ0) is 9.97. The second kappa shape index (κ2) is 4.02. The fourth-order valence-corrected chi connectivity index (χ4v) is 1.86. The van der Waals surface area contributed by atoms with Gasteiger partial charge in [0, 0.05) is 4.90 Å². The first-order valence-corrected chi connectivity index (χ1v) is 5.69. The molecule has 2 rings (SSSR count). The van der Waals surface area contributed by atoms with Crippen LogP contribution >= 0.6 is 11.8 Å². The van der Waals surface area contributed by atoms with Crippen molar-refractivity contribution in [1.29, 1.82) is 0 Å². The second-order valence-electron chi connectivity index (χ2n) is 3.15. The van der Waals surface area contributed by atoms with Crippen LogP contribution in [0.4, 0.5) is 0 Å². The Morgan fingerprint density at radius 3 is 2.57 bits per heavy atom. The van der Waals surface area contributed by atoms with Gasteiger partial charge in [-0.1, -0.05) is 12.1 Å². The van der Waals surface area contributed by atoms with Gasteiger partial charge in [0.1, 0.15) is 6.17 Å². The standard InChI is InChI=1S/C10H12N2OS/c1-14-8-4-2-7(3-5-8)10-11-6-9(13)12-10/h2-5,10-11H,6H2,1H3,(H,12,13). The minimum atomic E-state index is -0.0154. The molecule has 1 atom stereocenters. The monoisotopic (exact) mass is 208 g/mol. The number of carbonyl (C=O) groups excluding carboxylic acids is 1. The van der Waals surface area contributed by atoms with E-state index >= 15 is 0 Å². The summed E-state index contributed by atoms with van der Waals surface area (Å²) in [6.45, 7) is 0.412. The maximum atomic E-state index is 11.0. The Balaban J connectivity index is 2.13. The molecule has 1 fully saturated rings. The van der Waals surface area contributed by atoms with Crippen LogP contribution in [0.25, 0.3) is 0 Å². The molecule has 0 bridgehead atoms. The molecule has 2 N–H and O–H groups in total. The predicted octanol–water partition coefficient (Wildman–Crippen LogP) is 1.13. The van der Waals surface area contributed by atoms with E-state index in [4.69, 9.17) is 0 Å². The number of nitrogens with one attached hydrogen (secondary N) is 2. The Hall–Kier alpha value is -1.00. The second-order valence-corrected chi connectivity index (χ2v) is 4.03. The average Bonchev–Trinajstić information content (AvgIpc) is 2.65. The molecule has 1 unspecified atom stereocenters. The van der Waals surface area contributed by atoms with Crippen molar-refractivity contribution in [3.05, 3.63) is 29.8 Å². The van der Waals surface area contributed by atoms with E-state index in [9.17, 15) is 4.79 Å². The molecule has 14 heavy (non-hydrogen) atoms. The third kappa shape index (κ3) is 1.91. The largest absolute Gasteiger partial charge is 0.336 e. The Kier molecular flexibility index (Phi) is 2.74. The number of amides is 1. The van der Waals surface area contributed by atoms with Crippen molar-refractivity contribution in [2.75, 3.05) is 12.8 Å². The Morgan fingerprint density at radius 2 is 2.07 bits per heavy atom. The molecular formula is C10H12N2OS. The summed E-state index contributed by atoms with van der Waals surface area (Å²) in [5.74, 6) is 0.0592. The van der Waals surface area contributed by atoms with Gasteiger partial charge in [0.05, 0.1) is 6.54 Å². The lowest BCUT2D eigenvalue weighted by molar-refractivity contribution is -0.118. The minimum Gasteiger partial charge on any atom is -0.336 e. The van der Waals surface area contributed by atoms with Crippen molar-refractivity contribution in [2.45, 2.75) is 11.1 Å². The van der Waals surface area contributed by atoms with Gasteiger partial charge in [-0.25, -0.2) is 0 Å². The van der Waals surface area contributed by atoms with Crippen LogP contribution in [0, 0.1) is 0 Å². The molecule has 1 aliphatic rings. The van der Waals surface area contributed by atoms with Crippen molar-refractivity contribution in [3.8, 4) is 0 Å². The molecule has 74 valence electrons. The van der Waals surface area contributed by atoms with E-state index in [1.807, 2.05) is 18.4 Å². The molecule has 1 aliphatic heterocycles. The number of rotatable bonds is 2. The summed E-state index contributed by atoms with van der Waals surface area (Å²) in [6, 6.07) is 8.20. The number of carbonyl (C=O) groups is 1. The van der Waals surface area contributed by atoms with Gasteiger partial charge in [-0.15, -0.1) is 11.8 Å². The summed E-state index contributed by atoms with van der Waals surface area (Å²) in [5, 5.41) is 5.94. The maximum absolute atomic E-state index is 11.0. The highest BCUT2D eigenvalue weighted by atomic mass is 32.2. The topological polar surface area (TPSA) is 41.1 Å². The van der Waals surface area contributed by atoms with Crippen LogP contribution in [0.5, 0.6) is 0 Å². The van der Waals surface area contributed by atoms with Crippen molar-refractivity contribution >= 4 is 17.7 Å². The SMILES string of the molecule is CSc1ccc(C2NCC(=O)N2)cc1. The highest BCUT2D eigenvalue weighted by Crippen LogP contribution is 2.18. The summed E-state index contributed by atoms with van der Waals surface area (Å²) in [7, 11) is 0. The lowest BCUT2D eigenvalue weighted by Gasteiger charge is -2.10. The molecule has 0 spiro atoms. The summed E-state index contributed by atoms with van der Waals surface area (Å²) >= 11 is 1.71. The fraction of sp³-hybridized carbons (Fsp3) is 0.300. The normalized spacial score (nSPS) is 20.9. The smallest absolute Gasteiger partial charge is 0.235 e. The lowest BCUT2D eigenvalue weighted by Crippen LogP contribution is -2.22. The van der Waals surface area contributed by atoms with Crippen LogP contribution in [0.2, 0.25) is 0 Å². The molecular weight excluding hydrogens is 196 g/mol. The van der Waals surface area contributed by atoms with Crippen LogP contribution < -0.4 is 10.6 Å². The van der Waals surface area contributed by atoms with E-state index in [0.717, 1.165) is 5.56 Å². The molecule has 3 nitrogen and oxygen atoms in total. The zero-order valence-electron chi connectivity index (χ0n) is 7.91. The highest BCUT2D eigenvalue weighted by Gasteiger charge is 2.20. The lowest BCUT2D eigenvalue weighted by atomic mass is 10.2. The van der Waals surface area contributed by atoms with Crippen molar-refractivity contribution in [2.24, 2.45) is 0 Å². The number of hydrogen-bond donors (Lipinski definition) is 2. The van der Waals surface area contributed by atoms with E-state index < -0.39 is 0 Å². The van der Waals surface area contributed by atoms with Gasteiger partial charge in [0.2, 0.25) is 5.91 Å². The Bertz CT molecular complexity index is 336. The van der Waals surface area contributed by atoms with Gasteiger partial charge >= 0.3 is 0 Å². The molecule has 0 radical (unpaired) electrons. The summed E-state index contributed by atoms with van der Waals surface area (Å²) in [4.78, 5) is 12.2. The van der Waals surface area contributed by atoms with Crippen LogP contribution in [0.15, 0.2) is 29.2 Å². The summed E-state index contributed by atoms with van der Waals surface area (Å²) in [5.41, 5.74) is 1.11. The molecule has 1 amide bonds. The van der Waals surface area contributed by atoms with E-state index in [2.05, 4.69) is 22.8 Å². The van der Waals surface area contributed by atoms with Gasteiger partial charge in [-0.3, -0.25) is 10.1 Å². The van der Waals surface area contributed by atoms with Gasteiger partial charge < -0.3 is 5.32 Å². The third-order valence-electron chi connectivity index (χ3n) is 2.22. The molecule has 0 aliphatic carbocycles. The minimum absolute atomic E-state index is 0.0154. The third-order valence-corrected chi connectivity index (χ3v) is 2.96. The maximum Gasteiger partial charge on any atom is 0.235 e.